The number of hydrogen-bond donors (Lipinski definition) is 3. The van der Waals surface area contributed by atoms with E-state index in [4.69, 9.17) is 16.0 Å². The molecule has 0 radical (unpaired) electrons. The average Bonchev–Trinajstić information content (AvgIpc) is 2.56. The van der Waals surface area contributed by atoms with Gasteiger partial charge in [-0.3, -0.25) is 9.35 Å². The fraction of sp³-hybridized carbons (Fsp3) is 0.333. The normalized spacial score (nSPS) is 14.0. The lowest BCUT2D eigenvalue weighted by molar-refractivity contribution is -0.114. The van der Waals surface area contributed by atoms with Crippen molar-refractivity contribution in [3.63, 3.8) is 0 Å². The zero-order chi connectivity index (χ0) is 17.6. The third kappa shape index (κ3) is 6.62. The van der Waals surface area contributed by atoms with E-state index in [2.05, 4.69) is 11.1 Å². The Morgan fingerprint density at radius 3 is 2.35 bits per heavy atom. The standard InChI is InChI=1S/C14H17N3O.CH4O3S/c1-9-11-7-3-2-5-10(11)6-4-8-12(9)13(18)17-14(15)16;1-5(2,3)4/h2-3,5,7H,4,6,8H2,1H3,(H4,15,16,17,18);1H3,(H,2,3,4). The first-order valence-electron chi connectivity index (χ1n) is 6.94. The number of aliphatic imine (C=N–C) groups is 1. The first-order chi connectivity index (χ1) is 10.6. The van der Waals surface area contributed by atoms with Gasteiger partial charge in [0.15, 0.2) is 5.96 Å². The molecule has 0 unspecified atom stereocenters. The molecular formula is C15H21N3O4S. The van der Waals surface area contributed by atoms with Crippen molar-refractivity contribution in [3.05, 3.63) is 41.0 Å². The quantitative estimate of drug-likeness (QED) is 0.398. The van der Waals surface area contributed by atoms with Gasteiger partial charge in [0.25, 0.3) is 16.0 Å². The molecule has 0 spiro atoms. The topological polar surface area (TPSA) is 136 Å². The van der Waals surface area contributed by atoms with Gasteiger partial charge in [-0.1, -0.05) is 24.3 Å². The molecule has 0 saturated carbocycles. The molecule has 5 N–H and O–H groups in total. The fourth-order valence-corrected chi connectivity index (χ4v) is 2.36. The van der Waals surface area contributed by atoms with Crippen LogP contribution >= 0.6 is 0 Å². The summed E-state index contributed by atoms with van der Waals surface area (Å²) >= 11 is 0. The summed E-state index contributed by atoms with van der Waals surface area (Å²) in [4.78, 5) is 15.6. The highest BCUT2D eigenvalue weighted by Gasteiger charge is 2.18. The number of guanidine groups is 1. The lowest BCUT2D eigenvalue weighted by Gasteiger charge is -2.08. The Morgan fingerprint density at radius 2 is 1.78 bits per heavy atom. The van der Waals surface area contributed by atoms with E-state index >= 15 is 0 Å². The van der Waals surface area contributed by atoms with Crippen molar-refractivity contribution >= 4 is 27.6 Å². The van der Waals surface area contributed by atoms with E-state index in [1.165, 1.54) is 5.56 Å². The molecule has 126 valence electrons. The molecule has 0 saturated heterocycles. The molecule has 0 heterocycles. The Morgan fingerprint density at radius 1 is 1.22 bits per heavy atom. The van der Waals surface area contributed by atoms with Crippen LogP contribution in [0.1, 0.15) is 30.9 Å². The summed E-state index contributed by atoms with van der Waals surface area (Å²) < 4.78 is 25.9. The highest BCUT2D eigenvalue weighted by atomic mass is 32.2. The summed E-state index contributed by atoms with van der Waals surface area (Å²) in [6, 6.07) is 8.15. The van der Waals surface area contributed by atoms with Crippen molar-refractivity contribution in [3.8, 4) is 0 Å². The number of benzene rings is 1. The van der Waals surface area contributed by atoms with Crippen LogP contribution in [0.25, 0.3) is 5.57 Å². The summed E-state index contributed by atoms with van der Waals surface area (Å²) in [5.74, 6) is -0.498. The van der Waals surface area contributed by atoms with E-state index in [9.17, 15) is 13.2 Å². The lowest BCUT2D eigenvalue weighted by Crippen LogP contribution is -2.24. The van der Waals surface area contributed by atoms with Gasteiger partial charge in [-0.05, 0) is 42.9 Å². The Labute approximate surface area is 135 Å². The van der Waals surface area contributed by atoms with Crippen LogP contribution in [-0.4, -0.2) is 31.1 Å². The first-order valence-corrected chi connectivity index (χ1v) is 8.79. The summed E-state index contributed by atoms with van der Waals surface area (Å²) in [7, 11) is -3.67. The maximum Gasteiger partial charge on any atom is 0.276 e. The zero-order valence-electron chi connectivity index (χ0n) is 13.1. The molecule has 0 bridgehead atoms. The summed E-state index contributed by atoms with van der Waals surface area (Å²) in [6.45, 7) is 1.96. The van der Waals surface area contributed by atoms with Gasteiger partial charge < -0.3 is 11.5 Å². The second kappa shape index (κ2) is 7.89. The molecule has 23 heavy (non-hydrogen) atoms. The minimum atomic E-state index is -3.67. The molecule has 0 fully saturated rings. The van der Waals surface area contributed by atoms with Gasteiger partial charge >= 0.3 is 0 Å². The molecule has 2 rings (SSSR count). The SMILES string of the molecule is CC1=C(C(=O)N=C(N)N)CCCc2ccccc21.CS(=O)(=O)O. The zero-order valence-corrected chi connectivity index (χ0v) is 13.9. The maximum absolute atomic E-state index is 12.0. The van der Waals surface area contributed by atoms with Crippen LogP contribution in [0.5, 0.6) is 0 Å². The van der Waals surface area contributed by atoms with Crippen molar-refractivity contribution in [1.29, 1.82) is 0 Å². The van der Waals surface area contributed by atoms with Gasteiger partial charge in [0.2, 0.25) is 0 Å². The number of fused-ring (bicyclic) bond motifs is 1. The third-order valence-electron chi connectivity index (χ3n) is 3.24. The number of carbonyl (C=O) groups is 1. The minimum absolute atomic E-state index is 0.183. The van der Waals surface area contributed by atoms with Gasteiger partial charge in [0, 0.05) is 5.57 Å². The second-order valence-corrected chi connectivity index (χ2v) is 6.66. The van der Waals surface area contributed by atoms with E-state index in [1.807, 2.05) is 25.1 Å². The van der Waals surface area contributed by atoms with E-state index < -0.39 is 10.1 Å². The maximum atomic E-state index is 12.0. The molecule has 0 aliphatic heterocycles. The average molecular weight is 339 g/mol. The van der Waals surface area contributed by atoms with Crippen molar-refractivity contribution < 1.29 is 17.8 Å². The van der Waals surface area contributed by atoms with Gasteiger partial charge in [0.05, 0.1) is 6.26 Å². The molecule has 8 heteroatoms. The number of nitrogens with zero attached hydrogens (tertiary/aromatic N) is 1. The monoisotopic (exact) mass is 339 g/mol. The van der Waals surface area contributed by atoms with E-state index in [1.54, 1.807) is 0 Å². The Bertz CT molecular complexity index is 740. The summed E-state index contributed by atoms with van der Waals surface area (Å²) in [5.41, 5.74) is 14.6. The molecule has 0 aromatic heterocycles. The van der Waals surface area contributed by atoms with Crippen LogP contribution in [0.3, 0.4) is 0 Å². The number of hydrogen-bond acceptors (Lipinski definition) is 3. The van der Waals surface area contributed by atoms with Crippen molar-refractivity contribution in [2.45, 2.75) is 26.2 Å². The third-order valence-corrected chi connectivity index (χ3v) is 3.24. The Kier molecular flexibility index (Phi) is 6.47. The van der Waals surface area contributed by atoms with Gasteiger partial charge in [-0.2, -0.15) is 13.4 Å². The Balaban J connectivity index is 0.000000463. The number of allylic oxidation sites excluding steroid dienone is 1. The van der Waals surface area contributed by atoms with Crippen molar-refractivity contribution in [2.75, 3.05) is 6.26 Å². The molecule has 1 amide bonds. The number of amides is 1. The predicted molar refractivity (Wildman–Crippen MR) is 90.3 cm³/mol. The minimum Gasteiger partial charge on any atom is -0.370 e. The van der Waals surface area contributed by atoms with Crippen molar-refractivity contribution in [2.24, 2.45) is 16.5 Å². The van der Waals surface area contributed by atoms with Crippen LogP contribution < -0.4 is 11.5 Å². The largest absolute Gasteiger partial charge is 0.370 e. The summed E-state index contributed by atoms with van der Waals surface area (Å²) in [6.07, 6.45) is 3.35. The number of carbonyl (C=O) groups excluding carboxylic acids is 1. The van der Waals surface area contributed by atoms with Crippen LogP contribution in [0.15, 0.2) is 34.8 Å². The van der Waals surface area contributed by atoms with Gasteiger partial charge in [-0.25, -0.2) is 0 Å². The number of nitrogens with two attached hydrogens (primary N) is 2. The highest BCUT2D eigenvalue weighted by Crippen LogP contribution is 2.30. The molecular weight excluding hydrogens is 318 g/mol. The first kappa shape index (κ1) is 18.9. The molecule has 1 aromatic carbocycles. The van der Waals surface area contributed by atoms with Crippen LogP contribution in [0.4, 0.5) is 0 Å². The second-order valence-electron chi connectivity index (χ2n) is 5.19. The number of rotatable bonds is 1. The molecule has 1 aromatic rings. The van der Waals surface area contributed by atoms with Crippen molar-refractivity contribution in [1.82, 2.24) is 0 Å². The van der Waals surface area contributed by atoms with Gasteiger partial charge in [0.1, 0.15) is 0 Å². The molecule has 0 atom stereocenters. The van der Waals surface area contributed by atoms with Crippen LogP contribution in [0.2, 0.25) is 0 Å². The van der Waals surface area contributed by atoms with E-state index in [-0.39, 0.29) is 11.9 Å². The smallest absolute Gasteiger partial charge is 0.276 e. The molecule has 1 aliphatic rings. The van der Waals surface area contributed by atoms with Crippen LogP contribution in [0, 0.1) is 0 Å². The van der Waals surface area contributed by atoms with Crippen LogP contribution in [-0.2, 0) is 21.3 Å². The highest BCUT2D eigenvalue weighted by molar-refractivity contribution is 7.85. The molecule has 7 nitrogen and oxygen atoms in total. The van der Waals surface area contributed by atoms with E-state index in [0.29, 0.717) is 11.8 Å². The summed E-state index contributed by atoms with van der Waals surface area (Å²) in [5, 5.41) is 0. The lowest BCUT2D eigenvalue weighted by atomic mass is 9.98. The number of aryl methyl sites for hydroxylation is 1. The predicted octanol–water partition coefficient (Wildman–Crippen LogP) is 1.10. The van der Waals surface area contributed by atoms with Gasteiger partial charge in [-0.15, -0.1) is 0 Å². The molecule has 1 aliphatic carbocycles. The fourth-order valence-electron chi connectivity index (χ4n) is 2.36. The Hall–Kier alpha value is -2.19. The van der Waals surface area contributed by atoms with E-state index in [0.717, 1.165) is 30.4 Å².